The van der Waals surface area contributed by atoms with Gasteiger partial charge in [0.25, 0.3) is 0 Å². The van der Waals surface area contributed by atoms with Crippen molar-refractivity contribution in [3.05, 3.63) is 29.6 Å². The molecule has 18 heavy (non-hydrogen) atoms. The van der Waals surface area contributed by atoms with Crippen molar-refractivity contribution in [2.45, 2.75) is 19.8 Å². The van der Waals surface area contributed by atoms with Crippen molar-refractivity contribution < 1.29 is 18.0 Å². The summed E-state index contributed by atoms with van der Waals surface area (Å²) in [5, 5.41) is 5.02. The molecule has 0 aliphatic heterocycles. The van der Waals surface area contributed by atoms with Crippen molar-refractivity contribution >= 4 is 11.6 Å². The van der Waals surface area contributed by atoms with Gasteiger partial charge in [-0.2, -0.15) is 0 Å². The summed E-state index contributed by atoms with van der Waals surface area (Å²) in [6.07, 6.45) is 1.92. The SMILES string of the molecule is CCCCNCC(=O)Nc1ccc(F)c(F)c1F. The lowest BCUT2D eigenvalue weighted by atomic mass is 10.2. The molecule has 0 bridgehead atoms. The molecule has 0 unspecified atom stereocenters. The summed E-state index contributed by atoms with van der Waals surface area (Å²) in [7, 11) is 0. The van der Waals surface area contributed by atoms with Crippen LogP contribution in [0.2, 0.25) is 0 Å². The number of carbonyl (C=O) groups excluding carboxylic acids is 1. The first kappa shape index (κ1) is 14.5. The summed E-state index contributed by atoms with van der Waals surface area (Å²) in [4.78, 5) is 11.4. The Balaban J connectivity index is 2.52. The summed E-state index contributed by atoms with van der Waals surface area (Å²) in [5.41, 5.74) is -0.365. The van der Waals surface area contributed by atoms with Crippen LogP contribution in [0.4, 0.5) is 18.9 Å². The minimum absolute atomic E-state index is 0.00155. The molecule has 0 fully saturated rings. The summed E-state index contributed by atoms with van der Waals surface area (Å²) in [5.74, 6) is -4.77. The topological polar surface area (TPSA) is 41.1 Å². The molecule has 1 rings (SSSR count). The summed E-state index contributed by atoms with van der Waals surface area (Å²) < 4.78 is 38.7. The molecule has 0 radical (unpaired) electrons. The molecule has 3 nitrogen and oxygen atoms in total. The maximum Gasteiger partial charge on any atom is 0.238 e. The molecule has 6 heteroatoms. The predicted octanol–water partition coefficient (Wildman–Crippen LogP) is 2.43. The lowest BCUT2D eigenvalue weighted by Gasteiger charge is -2.08. The van der Waals surface area contributed by atoms with E-state index in [4.69, 9.17) is 0 Å². The molecule has 1 aromatic rings. The van der Waals surface area contributed by atoms with Gasteiger partial charge in [0.2, 0.25) is 5.91 Å². The van der Waals surface area contributed by atoms with Crippen molar-refractivity contribution in [2.24, 2.45) is 0 Å². The third-order valence-corrected chi connectivity index (χ3v) is 2.30. The van der Waals surface area contributed by atoms with Crippen LogP contribution in [0, 0.1) is 17.5 Å². The highest BCUT2D eigenvalue weighted by Gasteiger charge is 2.14. The summed E-state index contributed by atoms with van der Waals surface area (Å²) in [6.45, 7) is 2.68. The number of carbonyl (C=O) groups is 1. The smallest absolute Gasteiger partial charge is 0.238 e. The first-order chi connectivity index (χ1) is 8.56. The monoisotopic (exact) mass is 260 g/mol. The number of amides is 1. The normalized spacial score (nSPS) is 10.4. The van der Waals surface area contributed by atoms with Crippen LogP contribution >= 0.6 is 0 Å². The fourth-order valence-electron chi connectivity index (χ4n) is 1.32. The highest BCUT2D eigenvalue weighted by Crippen LogP contribution is 2.19. The van der Waals surface area contributed by atoms with Crippen LogP contribution in [0.25, 0.3) is 0 Å². The standard InChI is InChI=1S/C12H15F3N2O/c1-2-3-6-16-7-10(18)17-9-5-4-8(13)11(14)12(9)15/h4-5,16H,2-3,6-7H2,1H3,(H,17,18). The summed E-state index contributed by atoms with van der Waals surface area (Å²) in [6, 6.07) is 1.75. The van der Waals surface area contributed by atoms with E-state index >= 15 is 0 Å². The first-order valence-corrected chi connectivity index (χ1v) is 5.70. The Morgan fingerprint density at radius 1 is 1.22 bits per heavy atom. The lowest BCUT2D eigenvalue weighted by Crippen LogP contribution is -2.29. The molecule has 0 heterocycles. The van der Waals surface area contributed by atoms with Crippen LogP contribution in [-0.4, -0.2) is 19.0 Å². The Hall–Kier alpha value is -1.56. The third-order valence-electron chi connectivity index (χ3n) is 2.30. The summed E-state index contributed by atoms with van der Waals surface area (Å²) >= 11 is 0. The van der Waals surface area contributed by atoms with Crippen molar-refractivity contribution in [1.82, 2.24) is 5.32 Å². The molecule has 0 spiro atoms. The predicted molar refractivity (Wildman–Crippen MR) is 62.7 cm³/mol. The molecular weight excluding hydrogens is 245 g/mol. The Bertz CT molecular complexity index is 424. The second kappa shape index (κ2) is 7.00. The van der Waals surface area contributed by atoms with Gasteiger partial charge in [0, 0.05) is 0 Å². The number of halogens is 3. The molecule has 0 atom stereocenters. The molecule has 1 amide bonds. The maximum absolute atomic E-state index is 13.2. The van der Waals surface area contributed by atoms with Gasteiger partial charge in [0.1, 0.15) is 0 Å². The highest BCUT2D eigenvalue weighted by atomic mass is 19.2. The Kier molecular flexibility index (Phi) is 5.64. The van der Waals surface area contributed by atoms with E-state index in [1.807, 2.05) is 6.92 Å². The zero-order valence-electron chi connectivity index (χ0n) is 10.0. The number of anilines is 1. The van der Waals surface area contributed by atoms with Gasteiger partial charge >= 0.3 is 0 Å². The number of nitrogens with one attached hydrogen (secondary N) is 2. The van der Waals surface area contributed by atoms with Gasteiger partial charge in [-0.3, -0.25) is 4.79 Å². The minimum Gasteiger partial charge on any atom is -0.322 e. The number of benzene rings is 1. The molecule has 1 aromatic carbocycles. The lowest BCUT2D eigenvalue weighted by molar-refractivity contribution is -0.115. The Labute approximate surface area is 103 Å². The van der Waals surface area contributed by atoms with Gasteiger partial charge in [-0.1, -0.05) is 13.3 Å². The largest absolute Gasteiger partial charge is 0.322 e. The molecule has 100 valence electrons. The van der Waals surface area contributed by atoms with Crippen molar-refractivity contribution in [2.75, 3.05) is 18.4 Å². The number of hydrogen-bond acceptors (Lipinski definition) is 2. The van der Waals surface area contributed by atoms with E-state index < -0.39 is 23.4 Å². The number of unbranched alkanes of at least 4 members (excludes halogenated alkanes) is 1. The maximum atomic E-state index is 13.2. The van der Waals surface area contributed by atoms with Crippen molar-refractivity contribution in [1.29, 1.82) is 0 Å². The fourth-order valence-corrected chi connectivity index (χ4v) is 1.32. The quantitative estimate of drug-likeness (QED) is 0.609. The minimum atomic E-state index is -1.59. The highest BCUT2D eigenvalue weighted by molar-refractivity contribution is 5.92. The molecule has 2 N–H and O–H groups in total. The zero-order chi connectivity index (χ0) is 13.5. The van der Waals surface area contributed by atoms with E-state index in [2.05, 4.69) is 10.6 Å². The van der Waals surface area contributed by atoms with E-state index in [9.17, 15) is 18.0 Å². The van der Waals surface area contributed by atoms with Gasteiger partial charge in [0.05, 0.1) is 12.2 Å². The van der Waals surface area contributed by atoms with Gasteiger partial charge in [-0.05, 0) is 25.1 Å². The fraction of sp³-hybridized carbons (Fsp3) is 0.417. The van der Waals surface area contributed by atoms with Crippen LogP contribution in [0.1, 0.15) is 19.8 Å². The second-order valence-electron chi connectivity index (χ2n) is 3.80. The Morgan fingerprint density at radius 3 is 2.61 bits per heavy atom. The molecule has 0 saturated carbocycles. The molecule has 0 aliphatic rings. The van der Waals surface area contributed by atoms with Crippen LogP contribution in [-0.2, 0) is 4.79 Å². The first-order valence-electron chi connectivity index (χ1n) is 5.70. The van der Waals surface area contributed by atoms with E-state index in [0.717, 1.165) is 25.0 Å². The number of hydrogen-bond donors (Lipinski definition) is 2. The third kappa shape index (κ3) is 4.03. The number of rotatable bonds is 6. The van der Waals surface area contributed by atoms with Crippen LogP contribution in [0.15, 0.2) is 12.1 Å². The molecular formula is C12H15F3N2O. The van der Waals surface area contributed by atoms with E-state index in [1.54, 1.807) is 0 Å². The molecule has 0 saturated heterocycles. The van der Waals surface area contributed by atoms with Gasteiger partial charge in [0.15, 0.2) is 17.5 Å². The molecule has 0 aliphatic carbocycles. The van der Waals surface area contributed by atoms with E-state index in [1.165, 1.54) is 0 Å². The zero-order valence-corrected chi connectivity index (χ0v) is 10.0. The molecule has 0 aromatic heterocycles. The van der Waals surface area contributed by atoms with Crippen LogP contribution in [0.5, 0.6) is 0 Å². The van der Waals surface area contributed by atoms with Crippen molar-refractivity contribution in [3.8, 4) is 0 Å². The van der Waals surface area contributed by atoms with Gasteiger partial charge in [-0.15, -0.1) is 0 Å². The van der Waals surface area contributed by atoms with Gasteiger partial charge < -0.3 is 10.6 Å². The van der Waals surface area contributed by atoms with Crippen LogP contribution < -0.4 is 10.6 Å². The van der Waals surface area contributed by atoms with E-state index in [0.29, 0.717) is 6.54 Å². The van der Waals surface area contributed by atoms with Crippen LogP contribution in [0.3, 0.4) is 0 Å². The average molecular weight is 260 g/mol. The second-order valence-corrected chi connectivity index (χ2v) is 3.80. The average Bonchev–Trinajstić information content (AvgIpc) is 2.35. The van der Waals surface area contributed by atoms with Crippen molar-refractivity contribution in [3.63, 3.8) is 0 Å². The Morgan fingerprint density at radius 2 is 1.94 bits per heavy atom. The van der Waals surface area contributed by atoms with Gasteiger partial charge in [-0.25, -0.2) is 13.2 Å². The van der Waals surface area contributed by atoms with E-state index in [-0.39, 0.29) is 12.2 Å².